The highest BCUT2D eigenvalue weighted by molar-refractivity contribution is 8.00. The number of nitro benzene ring substituents is 1. The van der Waals surface area contributed by atoms with Crippen LogP contribution in [-0.2, 0) is 11.2 Å². The van der Waals surface area contributed by atoms with Crippen molar-refractivity contribution in [2.24, 2.45) is 0 Å². The van der Waals surface area contributed by atoms with Crippen LogP contribution >= 0.6 is 11.8 Å². The Hall–Kier alpha value is -3.65. The molecule has 32 heavy (non-hydrogen) atoms. The van der Waals surface area contributed by atoms with Gasteiger partial charge in [-0.1, -0.05) is 43.3 Å². The zero-order chi connectivity index (χ0) is 22.7. The fraction of sp³-hybridized carbons (Fsp3) is 0.167. The number of hydrogen-bond donors (Lipinski definition) is 1. The first kappa shape index (κ1) is 21.6. The van der Waals surface area contributed by atoms with Crippen LogP contribution in [0.3, 0.4) is 0 Å². The Bertz CT molecular complexity index is 1180. The summed E-state index contributed by atoms with van der Waals surface area (Å²) in [6.45, 7) is 2.07. The van der Waals surface area contributed by atoms with Gasteiger partial charge in [-0.25, -0.2) is 0 Å². The first-order chi connectivity index (χ1) is 15.5. The van der Waals surface area contributed by atoms with Crippen LogP contribution in [0, 0.1) is 10.1 Å². The van der Waals surface area contributed by atoms with E-state index in [9.17, 15) is 19.7 Å². The van der Waals surface area contributed by atoms with Gasteiger partial charge in [0.15, 0.2) is 0 Å². The number of hydrogen-bond acceptors (Lipinski definition) is 5. The Balaban J connectivity index is 1.53. The van der Waals surface area contributed by atoms with Crippen molar-refractivity contribution < 1.29 is 14.5 Å². The van der Waals surface area contributed by atoms with E-state index in [1.807, 2.05) is 41.3 Å². The number of carbonyl (C=O) groups excluding carboxylic acids is 2. The number of nitro groups is 1. The first-order valence-electron chi connectivity index (χ1n) is 10.1. The van der Waals surface area contributed by atoms with E-state index in [1.54, 1.807) is 23.9 Å². The van der Waals surface area contributed by atoms with Crippen LogP contribution in [0.2, 0.25) is 0 Å². The molecule has 0 aliphatic carbocycles. The number of para-hydroxylation sites is 1. The van der Waals surface area contributed by atoms with E-state index < -0.39 is 10.8 Å². The molecule has 0 aromatic heterocycles. The van der Waals surface area contributed by atoms with Crippen molar-refractivity contribution >= 4 is 40.6 Å². The number of benzene rings is 3. The average Bonchev–Trinajstić information content (AvgIpc) is 3.20. The smallest absolute Gasteiger partial charge is 0.270 e. The fourth-order valence-corrected chi connectivity index (χ4v) is 4.84. The molecule has 1 unspecified atom stereocenters. The van der Waals surface area contributed by atoms with Gasteiger partial charge in [-0.15, -0.1) is 11.8 Å². The Kier molecular flexibility index (Phi) is 6.23. The summed E-state index contributed by atoms with van der Waals surface area (Å²) in [4.78, 5) is 37.4. The lowest BCUT2D eigenvalue weighted by Crippen LogP contribution is -2.28. The molecule has 0 radical (unpaired) electrons. The molecule has 8 heteroatoms. The van der Waals surface area contributed by atoms with E-state index in [2.05, 4.69) is 12.2 Å². The third-order valence-electron chi connectivity index (χ3n) is 5.27. The predicted molar refractivity (Wildman–Crippen MR) is 126 cm³/mol. The quantitative estimate of drug-likeness (QED) is 0.415. The molecule has 1 saturated heterocycles. The van der Waals surface area contributed by atoms with Gasteiger partial charge in [-0.05, 0) is 41.8 Å². The second-order valence-electron chi connectivity index (χ2n) is 7.29. The molecule has 1 N–H and O–H groups in total. The summed E-state index contributed by atoms with van der Waals surface area (Å²) in [5, 5.41) is 13.6. The Morgan fingerprint density at radius 2 is 1.88 bits per heavy atom. The van der Waals surface area contributed by atoms with Gasteiger partial charge in [0.05, 0.1) is 10.7 Å². The van der Waals surface area contributed by atoms with E-state index in [0.717, 1.165) is 23.2 Å². The van der Waals surface area contributed by atoms with Crippen LogP contribution in [0.4, 0.5) is 17.1 Å². The molecule has 1 aliphatic heterocycles. The van der Waals surface area contributed by atoms with Crippen molar-refractivity contribution in [1.29, 1.82) is 0 Å². The van der Waals surface area contributed by atoms with Crippen LogP contribution in [0.25, 0.3) is 0 Å². The minimum Gasteiger partial charge on any atom is -0.322 e. The number of aryl methyl sites for hydroxylation is 1. The lowest BCUT2D eigenvalue weighted by Gasteiger charge is -2.26. The molecule has 7 nitrogen and oxygen atoms in total. The number of amides is 2. The molecule has 2 amide bonds. The average molecular weight is 448 g/mol. The summed E-state index contributed by atoms with van der Waals surface area (Å²) in [7, 11) is 0. The van der Waals surface area contributed by atoms with Crippen LogP contribution in [0.1, 0.15) is 33.8 Å². The van der Waals surface area contributed by atoms with Gasteiger partial charge in [0.2, 0.25) is 5.91 Å². The van der Waals surface area contributed by atoms with E-state index in [-0.39, 0.29) is 22.5 Å². The molecule has 3 aromatic carbocycles. The summed E-state index contributed by atoms with van der Waals surface area (Å²) >= 11 is 1.57. The van der Waals surface area contributed by atoms with Gasteiger partial charge in [0.25, 0.3) is 11.6 Å². The molecule has 0 saturated carbocycles. The van der Waals surface area contributed by atoms with Crippen LogP contribution in [-0.4, -0.2) is 22.5 Å². The van der Waals surface area contributed by atoms with Gasteiger partial charge in [0, 0.05) is 29.1 Å². The van der Waals surface area contributed by atoms with Crippen molar-refractivity contribution in [3.05, 3.63) is 99.6 Å². The largest absolute Gasteiger partial charge is 0.322 e. The molecule has 1 heterocycles. The number of thioether (sulfide) groups is 1. The number of carbonyl (C=O) groups is 2. The maximum Gasteiger partial charge on any atom is 0.270 e. The highest BCUT2D eigenvalue weighted by atomic mass is 32.2. The SMILES string of the molecule is CCc1ccccc1N1C(=O)CSC1c1ccc(NC(=O)c2cccc([N+](=O)[O-])c2)cc1. The lowest BCUT2D eigenvalue weighted by atomic mass is 10.1. The van der Waals surface area contributed by atoms with Gasteiger partial charge in [-0.3, -0.25) is 24.6 Å². The monoisotopic (exact) mass is 447 g/mol. The summed E-state index contributed by atoms with van der Waals surface area (Å²) in [5.41, 5.74) is 3.65. The van der Waals surface area contributed by atoms with E-state index in [4.69, 9.17) is 0 Å². The summed E-state index contributed by atoms with van der Waals surface area (Å²) in [5.74, 6) is 0.0582. The summed E-state index contributed by atoms with van der Waals surface area (Å²) in [6, 6.07) is 20.9. The van der Waals surface area contributed by atoms with Gasteiger partial charge in [0.1, 0.15) is 5.37 Å². The minimum atomic E-state index is -0.533. The van der Waals surface area contributed by atoms with Crippen LogP contribution in [0.5, 0.6) is 0 Å². The number of rotatable bonds is 6. The van der Waals surface area contributed by atoms with Crippen molar-refractivity contribution in [2.75, 3.05) is 16.0 Å². The van der Waals surface area contributed by atoms with Gasteiger partial charge >= 0.3 is 0 Å². The maximum absolute atomic E-state index is 12.7. The minimum absolute atomic E-state index is 0.0731. The highest BCUT2D eigenvalue weighted by Gasteiger charge is 2.34. The number of non-ortho nitro benzene ring substituents is 1. The van der Waals surface area contributed by atoms with Crippen LogP contribution in [0.15, 0.2) is 72.8 Å². The van der Waals surface area contributed by atoms with Crippen LogP contribution < -0.4 is 10.2 Å². The molecule has 162 valence electrons. The van der Waals surface area contributed by atoms with E-state index >= 15 is 0 Å². The van der Waals surface area contributed by atoms with Crippen molar-refractivity contribution in [3.8, 4) is 0 Å². The maximum atomic E-state index is 12.7. The summed E-state index contributed by atoms with van der Waals surface area (Å²) < 4.78 is 0. The molecular weight excluding hydrogens is 426 g/mol. The Morgan fingerprint density at radius 3 is 2.59 bits per heavy atom. The second kappa shape index (κ2) is 9.23. The molecule has 1 fully saturated rings. The lowest BCUT2D eigenvalue weighted by molar-refractivity contribution is -0.384. The third-order valence-corrected chi connectivity index (χ3v) is 6.49. The van der Waals surface area contributed by atoms with E-state index in [1.165, 1.54) is 24.3 Å². The zero-order valence-corrected chi connectivity index (χ0v) is 18.2. The molecule has 1 aliphatic rings. The second-order valence-corrected chi connectivity index (χ2v) is 8.36. The van der Waals surface area contributed by atoms with Gasteiger partial charge < -0.3 is 5.32 Å². The molecular formula is C24H21N3O4S. The predicted octanol–water partition coefficient (Wildman–Crippen LogP) is 5.19. The van der Waals surface area contributed by atoms with Crippen molar-refractivity contribution in [2.45, 2.75) is 18.7 Å². The molecule has 3 aromatic rings. The number of nitrogens with one attached hydrogen (secondary N) is 1. The molecule has 0 bridgehead atoms. The molecule has 1 atom stereocenters. The molecule has 0 spiro atoms. The normalized spacial score (nSPS) is 15.6. The molecule has 4 rings (SSSR count). The zero-order valence-electron chi connectivity index (χ0n) is 17.4. The van der Waals surface area contributed by atoms with Crippen molar-refractivity contribution in [3.63, 3.8) is 0 Å². The number of anilines is 2. The standard InChI is InChI=1S/C24H21N3O4S/c1-2-16-6-3-4-9-21(16)26-22(28)15-32-24(26)17-10-12-19(13-11-17)25-23(29)18-7-5-8-20(14-18)27(30)31/h3-14,24H,2,15H2,1H3,(H,25,29). The third kappa shape index (κ3) is 4.36. The Morgan fingerprint density at radius 1 is 1.12 bits per heavy atom. The fourth-order valence-electron chi connectivity index (χ4n) is 3.67. The van der Waals surface area contributed by atoms with E-state index in [0.29, 0.717) is 11.4 Å². The van der Waals surface area contributed by atoms with Crippen molar-refractivity contribution in [1.82, 2.24) is 0 Å². The Labute approximate surface area is 189 Å². The highest BCUT2D eigenvalue weighted by Crippen LogP contribution is 2.43. The first-order valence-corrected chi connectivity index (χ1v) is 11.2. The summed E-state index contributed by atoms with van der Waals surface area (Å²) in [6.07, 6.45) is 0.833. The topological polar surface area (TPSA) is 92.6 Å². The number of nitrogens with zero attached hydrogens (tertiary/aromatic N) is 2. The van der Waals surface area contributed by atoms with Gasteiger partial charge in [-0.2, -0.15) is 0 Å².